The first-order valence-corrected chi connectivity index (χ1v) is 7.80. The zero-order chi connectivity index (χ0) is 21.7. The fraction of sp³-hybridized carbons (Fsp3) is 0.333. The molecule has 0 aliphatic rings. The molecule has 0 saturated carbocycles. The van der Waals surface area contributed by atoms with Crippen LogP contribution in [-0.4, -0.2) is 71.7 Å². The summed E-state index contributed by atoms with van der Waals surface area (Å²) < 4.78 is 19.2. The molecule has 0 aliphatic carbocycles. The molecule has 0 aromatic heterocycles. The van der Waals surface area contributed by atoms with Crippen LogP contribution in [0.3, 0.4) is 0 Å². The Balaban J connectivity index is 5.56. The van der Waals surface area contributed by atoms with E-state index in [0.717, 1.165) is 24.3 Å². The van der Waals surface area contributed by atoms with Gasteiger partial charge < -0.3 is 29.2 Å². The van der Waals surface area contributed by atoms with Gasteiger partial charge >= 0.3 is 23.9 Å². The Morgan fingerprint density at radius 1 is 0.714 bits per heavy atom. The highest BCUT2D eigenvalue weighted by Gasteiger charge is 2.39. The highest BCUT2D eigenvalue weighted by Crippen LogP contribution is 2.15. The third kappa shape index (κ3) is 8.92. The minimum atomic E-state index is -1.91. The van der Waals surface area contributed by atoms with Gasteiger partial charge in [-0.2, -0.15) is 0 Å². The predicted molar refractivity (Wildman–Crippen MR) is 94.5 cm³/mol. The maximum absolute atomic E-state index is 11.6. The summed E-state index contributed by atoms with van der Waals surface area (Å²) in [4.78, 5) is 45.5. The summed E-state index contributed by atoms with van der Waals surface area (Å²) in [5.74, 6) is -3.78. The van der Waals surface area contributed by atoms with Gasteiger partial charge in [-0.1, -0.05) is 26.3 Å². The normalized spacial score (nSPS) is 14.2. The fourth-order valence-electron chi connectivity index (χ4n) is 1.71. The fourth-order valence-corrected chi connectivity index (χ4v) is 1.71. The lowest BCUT2D eigenvalue weighted by atomic mass is 10.0. The number of hydrogen-bond donors (Lipinski definition) is 2. The Labute approximate surface area is 161 Å². The number of ether oxygens (including phenoxy) is 4. The minimum Gasteiger partial charge on any atom is -0.460 e. The number of rotatable bonds is 13. The lowest BCUT2D eigenvalue weighted by Gasteiger charge is -2.31. The number of aliphatic hydroxyl groups is 2. The SMILES string of the molecule is C=CC(=O)OC[C@H](O)[C@@H](O)[C@H](OC(=O)C=C)[C@@H](COC(=O)C=C)OC(=O)C=C. The van der Waals surface area contributed by atoms with E-state index < -0.39 is 61.5 Å². The third-order valence-electron chi connectivity index (χ3n) is 3.07. The average molecular weight is 398 g/mol. The third-order valence-corrected chi connectivity index (χ3v) is 3.07. The first kappa shape index (κ1) is 24.8. The van der Waals surface area contributed by atoms with Crippen LogP contribution >= 0.6 is 0 Å². The molecule has 4 atom stereocenters. The summed E-state index contributed by atoms with van der Waals surface area (Å²) in [5.41, 5.74) is 0. The van der Waals surface area contributed by atoms with Crippen molar-refractivity contribution in [2.45, 2.75) is 24.4 Å². The van der Waals surface area contributed by atoms with E-state index in [0.29, 0.717) is 0 Å². The second-order valence-corrected chi connectivity index (χ2v) is 5.01. The molecule has 0 aromatic rings. The van der Waals surface area contributed by atoms with Gasteiger partial charge in [-0.3, -0.25) is 0 Å². The maximum atomic E-state index is 11.6. The van der Waals surface area contributed by atoms with Gasteiger partial charge in [0.15, 0.2) is 12.2 Å². The van der Waals surface area contributed by atoms with Crippen molar-refractivity contribution in [2.75, 3.05) is 13.2 Å². The molecule has 0 aromatic carbocycles. The van der Waals surface area contributed by atoms with Crippen LogP contribution in [0.15, 0.2) is 50.6 Å². The molecule has 0 amide bonds. The van der Waals surface area contributed by atoms with Crippen LogP contribution in [0.5, 0.6) is 0 Å². The molecule has 0 aliphatic heterocycles. The maximum Gasteiger partial charge on any atom is 0.330 e. The molecule has 0 saturated heterocycles. The highest BCUT2D eigenvalue weighted by atomic mass is 16.6. The van der Waals surface area contributed by atoms with Gasteiger partial charge in [0.05, 0.1) is 0 Å². The van der Waals surface area contributed by atoms with Gasteiger partial charge in [0.2, 0.25) is 0 Å². The van der Waals surface area contributed by atoms with Crippen molar-refractivity contribution < 1.29 is 48.3 Å². The Kier molecular flexibility index (Phi) is 11.5. The van der Waals surface area contributed by atoms with Crippen LogP contribution in [0, 0.1) is 0 Å². The molecule has 2 N–H and O–H groups in total. The Hall–Kier alpha value is -3.24. The molecular formula is C18H22O10. The smallest absolute Gasteiger partial charge is 0.330 e. The molecule has 154 valence electrons. The van der Waals surface area contributed by atoms with Gasteiger partial charge in [0, 0.05) is 24.3 Å². The predicted octanol–water partition coefficient (Wildman–Crippen LogP) is -0.638. The van der Waals surface area contributed by atoms with E-state index in [-0.39, 0.29) is 0 Å². The van der Waals surface area contributed by atoms with Crippen LogP contribution < -0.4 is 0 Å². The summed E-state index contributed by atoms with van der Waals surface area (Å²) in [6.45, 7) is 11.4. The molecule has 0 heterocycles. The van der Waals surface area contributed by atoms with Crippen molar-refractivity contribution >= 4 is 23.9 Å². The topological polar surface area (TPSA) is 146 Å². The molecule has 0 radical (unpaired) electrons. The van der Waals surface area contributed by atoms with Crippen molar-refractivity contribution in [2.24, 2.45) is 0 Å². The number of hydrogen-bond acceptors (Lipinski definition) is 10. The molecule has 28 heavy (non-hydrogen) atoms. The summed E-state index contributed by atoms with van der Waals surface area (Å²) >= 11 is 0. The largest absolute Gasteiger partial charge is 0.460 e. The van der Waals surface area contributed by atoms with E-state index in [9.17, 15) is 29.4 Å². The number of carbonyl (C=O) groups is 4. The minimum absolute atomic E-state index is 0.657. The standard InChI is InChI=1S/C18H22O10/c1-5-13(20)25-9-11(19)17(24)18(28-16(23)8-4)12(27-15(22)7-3)10-26-14(21)6-2/h5-8,11-12,17-19,24H,1-4,9-10H2/t11-,12+,17+,18+/m0/s1. The summed E-state index contributed by atoms with van der Waals surface area (Å²) in [6, 6.07) is 0. The van der Waals surface area contributed by atoms with E-state index in [1.807, 2.05) is 0 Å². The molecule has 0 fully saturated rings. The molecule has 10 nitrogen and oxygen atoms in total. The number of esters is 4. The van der Waals surface area contributed by atoms with Crippen molar-refractivity contribution in [3.63, 3.8) is 0 Å². The highest BCUT2D eigenvalue weighted by molar-refractivity contribution is 5.83. The summed E-state index contributed by atoms with van der Waals surface area (Å²) in [6.07, 6.45) is -3.73. The van der Waals surface area contributed by atoms with Crippen molar-refractivity contribution in [1.29, 1.82) is 0 Å². The second-order valence-electron chi connectivity index (χ2n) is 5.01. The summed E-state index contributed by atoms with van der Waals surface area (Å²) in [5, 5.41) is 20.3. The monoisotopic (exact) mass is 398 g/mol. The Morgan fingerprint density at radius 3 is 1.61 bits per heavy atom. The lowest BCUT2D eigenvalue weighted by Crippen LogP contribution is -2.51. The van der Waals surface area contributed by atoms with Gasteiger partial charge in [-0.05, 0) is 0 Å². The van der Waals surface area contributed by atoms with Crippen LogP contribution in [0.4, 0.5) is 0 Å². The van der Waals surface area contributed by atoms with Gasteiger partial charge in [0.1, 0.15) is 25.4 Å². The van der Waals surface area contributed by atoms with Gasteiger partial charge in [-0.15, -0.1) is 0 Å². The van der Waals surface area contributed by atoms with E-state index in [1.54, 1.807) is 0 Å². The van der Waals surface area contributed by atoms with E-state index >= 15 is 0 Å². The molecule has 0 unspecified atom stereocenters. The zero-order valence-electron chi connectivity index (χ0n) is 15.0. The summed E-state index contributed by atoms with van der Waals surface area (Å²) in [7, 11) is 0. The van der Waals surface area contributed by atoms with Crippen LogP contribution in [-0.2, 0) is 38.1 Å². The molecule has 0 bridgehead atoms. The van der Waals surface area contributed by atoms with Gasteiger partial charge in [0.25, 0.3) is 0 Å². The van der Waals surface area contributed by atoms with E-state index in [1.165, 1.54) is 0 Å². The number of aliphatic hydroxyl groups excluding tert-OH is 2. The Bertz CT molecular complexity index is 624. The van der Waals surface area contributed by atoms with Crippen molar-refractivity contribution in [3.05, 3.63) is 50.6 Å². The van der Waals surface area contributed by atoms with Crippen molar-refractivity contribution in [3.8, 4) is 0 Å². The molecular weight excluding hydrogens is 376 g/mol. The average Bonchev–Trinajstić information content (AvgIpc) is 2.71. The quantitative estimate of drug-likeness (QED) is 0.233. The van der Waals surface area contributed by atoms with Crippen molar-refractivity contribution in [1.82, 2.24) is 0 Å². The van der Waals surface area contributed by atoms with E-state index in [2.05, 4.69) is 31.1 Å². The first-order valence-electron chi connectivity index (χ1n) is 7.80. The molecule has 10 heteroatoms. The van der Waals surface area contributed by atoms with Crippen LogP contribution in [0.25, 0.3) is 0 Å². The van der Waals surface area contributed by atoms with E-state index in [4.69, 9.17) is 14.2 Å². The van der Waals surface area contributed by atoms with Crippen LogP contribution in [0.1, 0.15) is 0 Å². The van der Waals surface area contributed by atoms with Gasteiger partial charge in [-0.25, -0.2) is 19.2 Å². The lowest BCUT2D eigenvalue weighted by molar-refractivity contribution is -0.188. The second kappa shape index (κ2) is 13.0. The molecule has 0 spiro atoms. The molecule has 0 rings (SSSR count). The zero-order valence-corrected chi connectivity index (χ0v) is 15.0. The number of carbonyl (C=O) groups excluding carboxylic acids is 4. The Morgan fingerprint density at radius 2 is 1.14 bits per heavy atom. The van der Waals surface area contributed by atoms with Crippen LogP contribution in [0.2, 0.25) is 0 Å². The first-order chi connectivity index (χ1) is 13.2.